The minimum atomic E-state index is -3.60. The van der Waals surface area contributed by atoms with Gasteiger partial charge in [0.2, 0.25) is 10.0 Å². The Hall–Kier alpha value is -1.35. The highest BCUT2D eigenvalue weighted by molar-refractivity contribution is 7.89. The van der Waals surface area contributed by atoms with E-state index in [4.69, 9.17) is 19.9 Å². The Labute approximate surface area is 119 Å². The molecular weight excluding hydrogens is 284 g/mol. The van der Waals surface area contributed by atoms with Gasteiger partial charge in [0.1, 0.15) is 5.75 Å². The van der Waals surface area contributed by atoms with E-state index in [9.17, 15) is 8.42 Å². The van der Waals surface area contributed by atoms with Gasteiger partial charge in [-0.25, -0.2) is 13.1 Å². The van der Waals surface area contributed by atoms with Crippen LogP contribution in [0.2, 0.25) is 0 Å². The van der Waals surface area contributed by atoms with E-state index in [0.717, 1.165) is 0 Å². The maximum absolute atomic E-state index is 12.0. The highest BCUT2D eigenvalue weighted by Gasteiger charge is 2.15. The van der Waals surface area contributed by atoms with Crippen molar-refractivity contribution in [3.05, 3.63) is 18.2 Å². The van der Waals surface area contributed by atoms with Crippen molar-refractivity contribution >= 4 is 15.7 Å². The van der Waals surface area contributed by atoms with E-state index in [2.05, 4.69) is 4.72 Å². The number of ether oxygens (including phenoxy) is 3. The third-order valence-electron chi connectivity index (χ3n) is 2.49. The van der Waals surface area contributed by atoms with E-state index in [1.807, 2.05) is 0 Å². The number of benzene rings is 1. The smallest absolute Gasteiger partial charge is 0.240 e. The van der Waals surface area contributed by atoms with Crippen LogP contribution in [0.3, 0.4) is 0 Å². The molecule has 0 fully saturated rings. The van der Waals surface area contributed by atoms with Crippen molar-refractivity contribution in [2.24, 2.45) is 0 Å². The second-order valence-corrected chi connectivity index (χ2v) is 5.67. The number of hydrogen-bond acceptors (Lipinski definition) is 6. The van der Waals surface area contributed by atoms with Gasteiger partial charge in [0, 0.05) is 19.7 Å². The standard InChI is InChI=1S/C12H20N2O5S/c1-17-7-8-19-6-5-14-20(15,16)10-3-4-11(13)12(9-10)18-2/h3-4,9,14H,5-8,13H2,1-2H3. The first-order valence-electron chi connectivity index (χ1n) is 6.01. The van der Waals surface area contributed by atoms with Crippen LogP contribution in [0.25, 0.3) is 0 Å². The number of nitrogen functional groups attached to an aromatic ring is 1. The number of sulfonamides is 1. The van der Waals surface area contributed by atoms with E-state index in [1.54, 1.807) is 7.11 Å². The Kier molecular flexibility index (Phi) is 6.73. The molecule has 1 rings (SSSR count). The lowest BCUT2D eigenvalue weighted by Crippen LogP contribution is -2.27. The van der Waals surface area contributed by atoms with E-state index in [0.29, 0.717) is 24.7 Å². The largest absolute Gasteiger partial charge is 0.495 e. The second-order valence-electron chi connectivity index (χ2n) is 3.91. The predicted molar refractivity (Wildman–Crippen MR) is 75.3 cm³/mol. The van der Waals surface area contributed by atoms with Gasteiger partial charge >= 0.3 is 0 Å². The summed E-state index contributed by atoms with van der Waals surface area (Å²) in [4.78, 5) is 0.0976. The van der Waals surface area contributed by atoms with Crippen LogP contribution in [-0.4, -0.2) is 49.0 Å². The second kappa shape index (κ2) is 8.05. The maximum Gasteiger partial charge on any atom is 0.240 e. The van der Waals surface area contributed by atoms with Gasteiger partial charge in [0.15, 0.2) is 0 Å². The average Bonchev–Trinajstić information content (AvgIpc) is 2.43. The van der Waals surface area contributed by atoms with Crippen LogP contribution in [0.4, 0.5) is 5.69 Å². The van der Waals surface area contributed by atoms with Gasteiger partial charge in [-0.2, -0.15) is 0 Å². The van der Waals surface area contributed by atoms with Gasteiger partial charge < -0.3 is 19.9 Å². The number of nitrogens with two attached hydrogens (primary N) is 1. The molecular formula is C12H20N2O5S. The molecule has 3 N–H and O–H groups in total. The van der Waals surface area contributed by atoms with E-state index < -0.39 is 10.0 Å². The Balaban J connectivity index is 2.56. The van der Waals surface area contributed by atoms with Gasteiger partial charge in [-0.1, -0.05) is 0 Å². The molecule has 0 aliphatic carbocycles. The van der Waals surface area contributed by atoms with Crippen molar-refractivity contribution in [2.45, 2.75) is 4.90 Å². The van der Waals surface area contributed by atoms with Gasteiger partial charge in [-0.3, -0.25) is 0 Å². The lowest BCUT2D eigenvalue weighted by molar-refractivity contribution is 0.0736. The van der Waals surface area contributed by atoms with Crippen LogP contribution < -0.4 is 15.2 Å². The SMILES string of the molecule is COCCOCCNS(=O)(=O)c1ccc(N)c(OC)c1. The summed E-state index contributed by atoms with van der Waals surface area (Å²) in [6.07, 6.45) is 0. The van der Waals surface area contributed by atoms with Crippen LogP contribution in [0.1, 0.15) is 0 Å². The molecule has 0 aliphatic heterocycles. The molecule has 0 heterocycles. The zero-order valence-electron chi connectivity index (χ0n) is 11.6. The Morgan fingerprint density at radius 2 is 1.95 bits per heavy atom. The van der Waals surface area contributed by atoms with Crippen LogP contribution >= 0.6 is 0 Å². The summed E-state index contributed by atoms with van der Waals surface area (Å²) < 4.78 is 41.4. The summed E-state index contributed by atoms with van der Waals surface area (Å²) in [6.45, 7) is 1.35. The molecule has 0 amide bonds. The van der Waals surface area contributed by atoms with E-state index >= 15 is 0 Å². The molecule has 0 aliphatic rings. The molecule has 114 valence electrons. The number of hydrogen-bond donors (Lipinski definition) is 2. The third kappa shape index (κ3) is 4.97. The van der Waals surface area contributed by atoms with Gasteiger partial charge in [-0.15, -0.1) is 0 Å². The fourth-order valence-electron chi connectivity index (χ4n) is 1.43. The van der Waals surface area contributed by atoms with Crippen molar-refractivity contribution < 1.29 is 22.6 Å². The molecule has 7 nitrogen and oxygen atoms in total. The highest BCUT2D eigenvalue weighted by Crippen LogP contribution is 2.24. The Bertz CT molecular complexity index is 519. The Morgan fingerprint density at radius 3 is 2.60 bits per heavy atom. The van der Waals surface area contributed by atoms with Crippen LogP contribution in [-0.2, 0) is 19.5 Å². The minimum Gasteiger partial charge on any atom is -0.495 e. The summed E-state index contributed by atoms with van der Waals surface area (Å²) in [6, 6.07) is 4.29. The van der Waals surface area contributed by atoms with Gasteiger partial charge in [-0.05, 0) is 12.1 Å². The maximum atomic E-state index is 12.0. The molecule has 0 bridgehead atoms. The van der Waals surface area contributed by atoms with Crippen molar-refractivity contribution in [3.63, 3.8) is 0 Å². The topological polar surface area (TPSA) is 99.9 Å². The zero-order valence-corrected chi connectivity index (χ0v) is 12.4. The van der Waals surface area contributed by atoms with Crippen molar-refractivity contribution in [2.75, 3.05) is 46.3 Å². The predicted octanol–water partition coefficient (Wildman–Crippen LogP) is 0.219. The number of methoxy groups -OCH3 is 2. The van der Waals surface area contributed by atoms with Gasteiger partial charge in [0.25, 0.3) is 0 Å². The fraction of sp³-hybridized carbons (Fsp3) is 0.500. The normalized spacial score (nSPS) is 11.5. The minimum absolute atomic E-state index is 0.0976. The van der Waals surface area contributed by atoms with E-state index in [1.165, 1.54) is 25.3 Å². The van der Waals surface area contributed by atoms with Crippen LogP contribution in [0.5, 0.6) is 5.75 Å². The molecule has 0 unspecified atom stereocenters. The van der Waals surface area contributed by atoms with Gasteiger partial charge in [0.05, 0.1) is 37.5 Å². The third-order valence-corrected chi connectivity index (χ3v) is 3.94. The summed E-state index contributed by atoms with van der Waals surface area (Å²) >= 11 is 0. The molecule has 0 atom stereocenters. The first kappa shape index (κ1) is 16.7. The zero-order chi connectivity index (χ0) is 15.0. The molecule has 0 aromatic heterocycles. The molecule has 0 radical (unpaired) electrons. The number of rotatable bonds is 9. The fourth-order valence-corrected chi connectivity index (χ4v) is 2.46. The molecule has 20 heavy (non-hydrogen) atoms. The molecule has 1 aromatic carbocycles. The van der Waals surface area contributed by atoms with E-state index in [-0.39, 0.29) is 18.0 Å². The number of nitrogens with one attached hydrogen (secondary N) is 1. The van der Waals surface area contributed by atoms with Crippen LogP contribution in [0, 0.1) is 0 Å². The molecule has 0 spiro atoms. The molecule has 0 saturated heterocycles. The van der Waals surface area contributed by atoms with Crippen molar-refractivity contribution in [1.82, 2.24) is 4.72 Å². The van der Waals surface area contributed by atoms with Crippen LogP contribution in [0.15, 0.2) is 23.1 Å². The summed E-state index contributed by atoms with van der Waals surface area (Å²) in [7, 11) is -0.599. The quantitative estimate of drug-likeness (QED) is 0.500. The highest BCUT2D eigenvalue weighted by atomic mass is 32.2. The summed E-state index contributed by atoms with van der Waals surface area (Å²) in [5.41, 5.74) is 6.02. The lowest BCUT2D eigenvalue weighted by atomic mass is 10.3. The lowest BCUT2D eigenvalue weighted by Gasteiger charge is -2.10. The Morgan fingerprint density at radius 1 is 1.20 bits per heavy atom. The summed E-state index contributed by atoms with van der Waals surface area (Å²) in [5, 5.41) is 0. The molecule has 8 heteroatoms. The number of anilines is 1. The van der Waals surface area contributed by atoms with Crippen molar-refractivity contribution in [1.29, 1.82) is 0 Å². The van der Waals surface area contributed by atoms with Crippen molar-refractivity contribution in [3.8, 4) is 5.75 Å². The first-order chi connectivity index (χ1) is 9.51. The first-order valence-corrected chi connectivity index (χ1v) is 7.49. The average molecular weight is 304 g/mol. The monoisotopic (exact) mass is 304 g/mol. The molecule has 1 aromatic rings. The summed E-state index contributed by atoms with van der Waals surface area (Å²) in [5.74, 6) is 0.323. The molecule has 0 saturated carbocycles.